The van der Waals surface area contributed by atoms with E-state index in [0.717, 1.165) is 21.1 Å². The number of nitrogens with two attached hydrogens (primary N) is 1. The zero-order chi connectivity index (χ0) is 14.0. The van der Waals surface area contributed by atoms with Crippen LogP contribution in [-0.2, 0) is 6.54 Å². The number of halogens is 2. The minimum atomic E-state index is 0.0435. The van der Waals surface area contributed by atoms with Crippen LogP contribution in [0.15, 0.2) is 38.6 Å². The number of rotatable bonds is 4. The molecule has 1 heterocycles. The maximum Gasteiger partial charge on any atom is 0.0519 e. The van der Waals surface area contributed by atoms with E-state index in [9.17, 15) is 0 Å². The third-order valence-corrected chi connectivity index (χ3v) is 5.30. The Labute approximate surface area is 134 Å². The number of benzene rings is 1. The first kappa shape index (κ1) is 15.0. The van der Waals surface area contributed by atoms with Crippen LogP contribution in [0.2, 0.25) is 0 Å². The minimum Gasteiger partial charge on any atom is -0.369 e. The molecule has 102 valence electrons. The minimum absolute atomic E-state index is 0.0435. The standard InChI is InChI=1S/C14H16Br2N2S/c1-9(17)13-4-3-11(6-14(13)16)18(2)7-12-5-10(15)8-19-12/h3-6,8-9H,7,17H2,1-2H3/t9-/m1/s1. The third-order valence-electron chi connectivity index (χ3n) is 2.93. The molecule has 5 heteroatoms. The van der Waals surface area contributed by atoms with Crippen LogP contribution in [0.1, 0.15) is 23.4 Å². The number of hydrogen-bond acceptors (Lipinski definition) is 3. The summed E-state index contributed by atoms with van der Waals surface area (Å²) in [7, 11) is 2.10. The quantitative estimate of drug-likeness (QED) is 0.783. The molecule has 1 aromatic carbocycles. The lowest BCUT2D eigenvalue weighted by atomic mass is 10.1. The zero-order valence-corrected chi connectivity index (χ0v) is 14.8. The van der Waals surface area contributed by atoms with E-state index in [1.165, 1.54) is 10.6 Å². The van der Waals surface area contributed by atoms with Gasteiger partial charge < -0.3 is 10.6 Å². The van der Waals surface area contributed by atoms with Gasteiger partial charge in [-0.3, -0.25) is 0 Å². The van der Waals surface area contributed by atoms with Crippen molar-refractivity contribution in [3.8, 4) is 0 Å². The van der Waals surface area contributed by atoms with E-state index in [-0.39, 0.29) is 6.04 Å². The maximum absolute atomic E-state index is 5.92. The van der Waals surface area contributed by atoms with Crippen molar-refractivity contribution >= 4 is 48.9 Å². The van der Waals surface area contributed by atoms with E-state index in [0.29, 0.717) is 0 Å². The van der Waals surface area contributed by atoms with Crippen LogP contribution in [0.25, 0.3) is 0 Å². The van der Waals surface area contributed by atoms with Gasteiger partial charge in [0.05, 0.1) is 6.54 Å². The topological polar surface area (TPSA) is 29.3 Å². The van der Waals surface area contributed by atoms with E-state index in [4.69, 9.17) is 5.73 Å². The smallest absolute Gasteiger partial charge is 0.0519 e. The number of nitrogens with zero attached hydrogens (tertiary/aromatic N) is 1. The van der Waals surface area contributed by atoms with Crippen molar-refractivity contribution in [2.75, 3.05) is 11.9 Å². The lowest BCUT2D eigenvalue weighted by Gasteiger charge is -2.20. The fourth-order valence-electron chi connectivity index (χ4n) is 1.88. The Morgan fingerprint density at radius 3 is 2.58 bits per heavy atom. The largest absolute Gasteiger partial charge is 0.369 e. The molecule has 0 fully saturated rings. The van der Waals surface area contributed by atoms with Gasteiger partial charge >= 0.3 is 0 Å². The number of anilines is 1. The summed E-state index contributed by atoms with van der Waals surface area (Å²) in [6.45, 7) is 2.90. The lowest BCUT2D eigenvalue weighted by molar-refractivity contribution is 0.812. The lowest BCUT2D eigenvalue weighted by Crippen LogP contribution is -2.16. The second-order valence-electron chi connectivity index (χ2n) is 4.58. The fraction of sp³-hybridized carbons (Fsp3) is 0.286. The Morgan fingerprint density at radius 1 is 1.32 bits per heavy atom. The second-order valence-corrected chi connectivity index (χ2v) is 7.35. The summed E-state index contributed by atoms with van der Waals surface area (Å²) in [6, 6.07) is 8.53. The average molecular weight is 404 g/mol. The summed E-state index contributed by atoms with van der Waals surface area (Å²) in [4.78, 5) is 3.57. The molecule has 0 aliphatic rings. The second kappa shape index (κ2) is 6.39. The molecule has 19 heavy (non-hydrogen) atoms. The molecule has 0 unspecified atom stereocenters. The van der Waals surface area contributed by atoms with Crippen LogP contribution in [-0.4, -0.2) is 7.05 Å². The van der Waals surface area contributed by atoms with Gasteiger partial charge in [-0.1, -0.05) is 22.0 Å². The molecule has 2 N–H and O–H groups in total. The van der Waals surface area contributed by atoms with Gasteiger partial charge in [-0.25, -0.2) is 0 Å². The summed E-state index contributed by atoms with van der Waals surface area (Å²) in [5.41, 5.74) is 8.24. The van der Waals surface area contributed by atoms with Gasteiger partial charge in [-0.15, -0.1) is 11.3 Å². The molecule has 0 saturated heterocycles. The van der Waals surface area contributed by atoms with Crippen molar-refractivity contribution in [3.63, 3.8) is 0 Å². The molecule has 0 bridgehead atoms. The molecule has 2 rings (SSSR count). The number of thiophene rings is 1. The summed E-state index contributed by atoms with van der Waals surface area (Å²) in [5, 5.41) is 2.11. The van der Waals surface area contributed by atoms with Gasteiger partial charge in [-0.05, 0) is 46.6 Å². The average Bonchev–Trinajstić information content (AvgIpc) is 2.74. The van der Waals surface area contributed by atoms with Crippen LogP contribution >= 0.6 is 43.2 Å². The van der Waals surface area contributed by atoms with Gasteiger partial charge in [0.15, 0.2) is 0 Å². The predicted octanol–water partition coefficient (Wildman–Crippen LogP) is 4.93. The highest BCUT2D eigenvalue weighted by Gasteiger charge is 2.09. The Balaban J connectivity index is 2.15. The van der Waals surface area contributed by atoms with Gasteiger partial charge in [0.25, 0.3) is 0 Å². The van der Waals surface area contributed by atoms with E-state index >= 15 is 0 Å². The molecular formula is C14H16Br2N2S. The Hall–Kier alpha value is -0.360. The summed E-state index contributed by atoms with van der Waals surface area (Å²) >= 11 is 8.84. The van der Waals surface area contributed by atoms with Gasteiger partial charge in [-0.2, -0.15) is 0 Å². The van der Waals surface area contributed by atoms with Crippen molar-refractivity contribution in [3.05, 3.63) is 49.0 Å². The van der Waals surface area contributed by atoms with E-state index in [1.54, 1.807) is 11.3 Å². The van der Waals surface area contributed by atoms with E-state index in [1.807, 2.05) is 6.92 Å². The molecule has 0 aliphatic heterocycles. The molecule has 1 aromatic heterocycles. The van der Waals surface area contributed by atoms with Crippen molar-refractivity contribution < 1.29 is 0 Å². The Bertz CT molecular complexity index is 566. The molecule has 2 nitrogen and oxygen atoms in total. The van der Waals surface area contributed by atoms with Crippen LogP contribution in [0.4, 0.5) is 5.69 Å². The predicted molar refractivity (Wildman–Crippen MR) is 90.9 cm³/mol. The van der Waals surface area contributed by atoms with Crippen LogP contribution in [0, 0.1) is 0 Å². The van der Waals surface area contributed by atoms with E-state index < -0.39 is 0 Å². The normalized spacial score (nSPS) is 12.5. The fourth-order valence-corrected chi connectivity index (χ4v) is 4.12. The number of hydrogen-bond donors (Lipinski definition) is 1. The van der Waals surface area contributed by atoms with Crippen LogP contribution in [0.3, 0.4) is 0 Å². The van der Waals surface area contributed by atoms with Crippen LogP contribution < -0.4 is 10.6 Å². The van der Waals surface area contributed by atoms with Gasteiger partial charge in [0.1, 0.15) is 0 Å². The van der Waals surface area contributed by atoms with Crippen molar-refractivity contribution in [1.82, 2.24) is 0 Å². The Morgan fingerprint density at radius 2 is 2.05 bits per heavy atom. The van der Waals surface area contributed by atoms with Crippen molar-refractivity contribution in [2.45, 2.75) is 19.5 Å². The molecule has 0 aliphatic carbocycles. The van der Waals surface area contributed by atoms with Crippen molar-refractivity contribution in [1.29, 1.82) is 0 Å². The first-order chi connectivity index (χ1) is 8.97. The highest BCUT2D eigenvalue weighted by molar-refractivity contribution is 9.10. The first-order valence-corrected chi connectivity index (χ1v) is 8.43. The highest BCUT2D eigenvalue weighted by Crippen LogP contribution is 2.28. The maximum atomic E-state index is 5.92. The zero-order valence-electron chi connectivity index (χ0n) is 10.9. The van der Waals surface area contributed by atoms with E-state index in [2.05, 4.69) is 73.5 Å². The molecule has 0 radical (unpaired) electrons. The monoisotopic (exact) mass is 402 g/mol. The highest BCUT2D eigenvalue weighted by atomic mass is 79.9. The third kappa shape index (κ3) is 3.81. The molecule has 0 amide bonds. The molecule has 1 atom stereocenters. The molecule has 2 aromatic rings. The van der Waals surface area contributed by atoms with Gasteiger partial charge in [0.2, 0.25) is 0 Å². The van der Waals surface area contributed by atoms with Gasteiger partial charge in [0, 0.05) is 38.0 Å². The Kier molecular flexibility index (Phi) is 5.06. The molecular weight excluding hydrogens is 388 g/mol. The molecule has 0 saturated carbocycles. The molecule has 0 spiro atoms. The SMILES string of the molecule is C[C@@H](N)c1ccc(N(C)Cc2cc(Br)cs2)cc1Br. The summed E-state index contributed by atoms with van der Waals surface area (Å²) < 4.78 is 2.22. The summed E-state index contributed by atoms with van der Waals surface area (Å²) in [5.74, 6) is 0. The first-order valence-electron chi connectivity index (χ1n) is 5.96. The summed E-state index contributed by atoms with van der Waals surface area (Å²) in [6.07, 6.45) is 0. The van der Waals surface area contributed by atoms with Crippen molar-refractivity contribution in [2.24, 2.45) is 5.73 Å². The van der Waals surface area contributed by atoms with Crippen LogP contribution in [0.5, 0.6) is 0 Å².